The molecule has 0 saturated carbocycles. The average Bonchev–Trinajstić information content (AvgIpc) is 3.65. The van der Waals surface area contributed by atoms with E-state index in [9.17, 15) is 5.11 Å². The molecular weight excluding hydrogens is 505 g/mol. The highest BCUT2D eigenvalue weighted by molar-refractivity contribution is 6.35. The van der Waals surface area contributed by atoms with Gasteiger partial charge in [-0.3, -0.25) is 0 Å². The number of fused-ring (bicyclic) bond motifs is 4. The molecule has 0 spiro atoms. The Morgan fingerprint density at radius 2 is 2.05 bits per heavy atom. The van der Waals surface area contributed by atoms with Crippen LogP contribution in [0.2, 0.25) is 5.02 Å². The van der Waals surface area contributed by atoms with Gasteiger partial charge < -0.3 is 25.0 Å². The van der Waals surface area contributed by atoms with E-state index in [1.807, 2.05) is 24.3 Å². The Hall–Kier alpha value is -3.20. The van der Waals surface area contributed by atoms with Crippen molar-refractivity contribution in [1.82, 2.24) is 20.2 Å². The standard InChI is InChI=1S/C29H29ClFN5O2/c1-35-8-4-6-18(35)15-38-29-33-27-23(28(34-29)36-14-17-10-19(36)13-32-17)12-24(30)25(26(27)31)22-11-20(37)9-16-5-2-3-7-21(16)22/h2-3,5,7,9,11-12,17-19,32,37H,4,6,8,10,13-15H2,1H3/t17-,18-,19-/m0/s1. The summed E-state index contributed by atoms with van der Waals surface area (Å²) in [6.45, 7) is 3.15. The number of benzene rings is 3. The summed E-state index contributed by atoms with van der Waals surface area (Å²) in [7, 11) is 2.09. The summed E-state index contributed by atoms with van der Waals surface area (Å²) in [4.78, 5) is 13.9. The third-order valence-electron chi connectivity index (χ3n) is 8.36. The second-order valence-corrected chi connectivity index (χ2v) is 11.1. The fourth-order valence-electron chi connectivity index (χ4n) is 6.37. The van der Waals surface area contributed by atoms with Crippen LogP contribution in [0.5, 0.6) is 11.8 Å². The molecule has 3 fully saturated rings. The molecule has 3 saturated heterocycles. The van der Waals surface area contributed by atoms with Crippen molar-refractivity contribution in [2.45, 2.75) is 37.4 Å². The van der Waals surface area contributed by atoms with Gasteiger partial charge >= 0.3 is 6.01 Å². The number of phenols is 1. The molecule has 9 heteroatoms. The van der Waals surface area contributed by atoms with Crippen molar-refractivity contribution < 1.29 is 14.2 Å². The number of hydrogen-bond acceptors (Lipinski definition) is 7. The van der Waals surface area contributed by atoms with Crippen LogP contribution in [-0.2, 0) is 0 Å². The minimum Gasteiger partial charge on any atom is -0.508 e. The lowest BCUT2D eigenvalue weighted by Gasteiger charge is -2.30. The van der Waals surface area contributed by atoms with Gasteiger partial charge in [-0.05, 0) is 67.4 Å². The van der Waals surface area contributed by atoms with Crippen LogP contribution in [0.3, 0.4) is 0 Å². The maximum atomic E-state index is 16.6. The molecule has 7 nitrogen and oxygen atoms in total. The first-order valence-corrected chi connectivity index (χ1v) is 13.6. The largest absolute Gasteiger partial charge is 0.508 e. The number of likely N-dealkylation sites (N-methyl/N-ethyl adjacent to an activating group) is 1. The molecule has 0 radical (unpaired) electrons. The SMILES string of the molecule is CN1CCC[C@H]1COc1nc(N2C[C@@H]3C[C@H]2CN3)c2cc(Cl)c(-c3cc(O)cc4ccccc34)c(F)c2n1. The molecule has 3 aromatic carbocycles. The van der Waals surface area contributed by atoms with Gasteiger partial charge in [-0.25, -0.2) is 4.39 Å². The molecule has 196 valence electrons. The average molecular weight is 534 g/mol. The van der Waals surface area contributed by atoms with Gasteiger partial charge in [0.15, 0.2) is 5.82 Å². The van der Waals surface area contributed by atoms with E-state index in [4.69, 9.17) is 21.3 Å². The number of hydrogen-bond donors (Lipinski definition) is 2. The number of nitrogens with one attached hydrogen (secondary N) is 1. The van der Waals surface area contributed by atoms with Gasteiger partial charge in [0.25, 0.3) is 0 Å². The Morgan fingerprint density at radius 1 is 1.18 bits per heavy atom. The summed E-state index contributed by atoms with van der Waals surface area (Å²) in [5, 5.41) is 16.4. The lowest BCUT2D eigenvalue weighted by Crippen LogP contribution is -2.44. The molecule has 2 N–H and O–H groups in total. The number of rotatable bonds is 5. The molecule has 2 bridgehead atoms. The van der Waals surface area contributed by atoms with E-state index in [2.05, 4.69) is 27.1 Å². The van der Waals surface area contributed by atoms with Crippen molar-refractivity contribution in [1.29, 1.82) is 0 Å². The van der Waals surface area contributed by atoms with E-state index in [-0.39, 0.29) is 39.9 Å². The molecule has 3 atom stereocenters. The first kappa shape index (κ1) is 23.9. The quantitative estimate of drug-likeness (QED) is 0.375. The Bertz CT molecular complexity index is 1570. The van der Waals surface area contributed by atoms with Crippen LogP contribution in [-0.4, -0.2) is 71.4 Å². The molecule has 1 aromatic heterocycles. The Labute approximate surface area is 225 Å². The fraction of sp³-hybridized carbons (Fsp3) is 0.379. The van der Waals surface area contributed by atoms with Crippen LogP contribution in [0.4, 0.5) is 10.2 Å². The van der Waals surface area contributed by atoms with E-state index >= 15 is 4.39 Å². The molecule has 0 aliphatic carbocycles. The molecule has 4 heterocycles. The summed E-state index contributed by atoms with van der Waals surface area (Å²) in [5.74, 6) is 0.159. The third-order valence-corrected chi connectivity index (χ3v) is 8.66. The van der Waals surface area contributed by atoms with Crippen molar-refractivity contribution in [3.05, 3.63) is 53.3 Å². The predicted octanol–water partition coefficient (Wildman–Crippen LogP) is 4.97. The number of aromatic hydroxyl groups is 1. The second kappa shape index (κ2) is 9.22. The number of ether oxygens (including phenoxy) is 1. The maximum absolute atomic E-state index is 16.6. The summed E-state index contributed by atoms with van der Waals surface area (Å²) in [5.41, 5.74) is 0.902. The normalized spacial score (nSPS) is 23.2. The smallest absolute Gasteiger partial charge is 0.319 e. The Balaban J connectivity index is 1.40. The van der Waals surface area contributed by atoms with E-state index in [0.29, 0.717) is 29.4 Å². The van der Waals surface area contributed by atoms with Gasteiger partial charge in [0.1, 0.15) is 23.7 Å². The van der Waals surface area contributed by atoms with Gasteiger partial charge in [0.2, 0.25) is 0 Å². The van der Waals surface area contributed by atoms with E-state index in [1.165, 1.54) is 0 Å². The number of aromatic nitrogens is 2. The van der Waals surface area contributed by atoms with Crippen LogP contribution < -0.4 is 15.0 Å². The maximum Gasteiger partial charge on any atom is 0.319 e. The molecule has 38 heavy (non-hydrogen) atoms. The van der Waals surface area contributed by atoms with Gasteiger partial charge in [0, 0.05) is 42.2 Å². The lowest BCUT2D eigenvalue weighted by atomic mass is 9.96. The second-order valence-electron chi connectivity index (χ2n) is 10.7. The predicted molar refractivity (Wildman–Crippen MR) is 148 cm³/mol. The minimum atomic E-state index is -0.544. The Kier molecular flexibility index (Phi) is 5.80. The number of piperazine rings is 1. The lowest BCUT2D eigenvalue weighted by molar-refractivity contribution is 0.188. The number of likely N-dealkylation sites (tertiary alicyclic amines) is 1. The van der Waals surface area contributed by atoms with Crippen LogP contribution in [0.15, 0.2) is 42.5 Å². The van der Waals surface area contributed by atoms with E-state index < -0.39 is 5.82 Å². The van der Waals surface area contributed by atoms with E-state index in [0.717, 1.165) is 49.7 Å². The van der Waals surface area contributed by atoms with Crippen molar-refractivity contribution in [3.8, 4) is 22.9 Å². The van der Waals surface area contributed by atoms with Crippen molar-refractivity contribution in [2.24, 2.45) is 0 Å². The van der Waals surface area contributed by atoms with Gasteiger partial charge in [-0.1, -0.05) is 35.9 Å². The first-order valence-electron chi connectivity index (χ1n) is 13.2. The van der Waals surface area contributed by atoms with Gasteiger partial charge in [-0.2, -0.15) is 9.97 Å². The van der Waals surface area contributed by atoms with Crippen LogP contribution in [0.25, 0.3) is 32.8 Å². The number of anilines is 1. The summed E-state index contributed by atoms with van der Waals surface area (Å²) in [6, 6.07) is 13.7. The van der Waals surface area contributed by atoms with Crippen LogP contribution >= 0.6 is 11.6 Å². The van der Waals surface area contributed by atoms with Gasteiger partial charge in [0.05, 0.1) is 5.02 Å². The van der Waals surface area contributed by atoms with Crippen molar-refractivity contribution >= 4 is 39.1 Å². The summed E-state index contributed by atoms with van der Waals surface area (Å²) in [6.07, 6.45) is 3.21. The molecule has 4 aromatic rings. The fourth-order valence-corrected chi connectivity index (χ4v) is 6.67. The zero-order valence-electron chi connectivity index (χ0n) is 21.1. The highest BCUT2D eigenvalue weighted by atomic mass is 35.5. The molecular formula is C29H29ClFN5O2. The topological polar surface area (TPSA) is 73.8 Å². The molecule has 0 unspecified atom stereocenters. The number of halogens is 2. The monoisotopic (exact) mass is 533 g/mol. The summed E-state index contributed by atoms with van der Waals surface area (Å²) < 4.78 is 22.7. The number of nitrogens with zero attached hydrogens (tertiary/aromatic N) is 4. The molecule has 0 amide bonds. The zero-order valence-corrected chi connectivity index (χ0v) is 21.9. The molecule has 7 rings (SSSR count). The van der Waals surface area contributed by atoms with Gasteiger partial charge in [-0.15, -0.1) is 0 Å². The van der Waals surface area contributed by atoms with Crippen molar-refractivity contribution in [3.63, 3.8) is 0 Å². The third kappa shape index (κ3) is 3.94. The van der Waals surface area contributed by atoms with Crippen molar-refractivity contribution in [2.75, 3.05) is 38.2 Å². The molecule has 3 aliphatic heterocycles. The number of phenolic OH excluding ortho intramolecular Hbond substituents is 1. The highest BCUT2D eigenvalue weighted by Crippen LogP contribution is 2.43. The first-order chi connectivity index (χ1) is 18.5. The Morgan fingerprint density at radius 3 is 2.82 bits per heavy atom. The van der Waals surface area contributed by atoms with E-state index in [1.54, 1.807) is 18.2 Å². The van der Waals surface area contributed by atoms with Crippen LogP contribution in [0, 0.1) is 5.82 Å². The summed E-state index contributed by atoms with van der Waals surface area (Å²) >= 11 is 6.81. The molecule has 3 aliphatic rings. The zero-order chi connectivity index (χ0) is 26.0. The minimum absolute atomic E-state index is 0.0444. The van der Waals surface area contributed by atoms with Crippen LogP contribution in [0.1, 0.15) is 19.3 Å². The highest BCUT2D eigenvalue weighted by Gasteiger charge is 2.39.